The third-order valence-corrected chi connectivity index (χ3v) is 11.4. The summed E-state index contributed by atoms with van der Waals surface area (Å²) in [6, 6.07) is 53.0. The van der Waals surface area contributed by atoms with Gasteiger partial charge in [0.25, 0.3) is 0 Å². The van der Waals surface area contributed by atoms with E-state index in [9.17, 15) is 5.26 Å². The van der Waals surface area contributed by atoms with Crippen LogP contribution in [0.5, 0.6) is 0 Å². The Labute approximate surface area is 338 Å². The van der Waals surface area contributed by atoms with E-state index in [0.717, 1.165) is 77.5 Å². The summed E-state index contributed by atoms with van der Waals surface area (Å²) < 4.78 is 4.74. The summed E-state index contributed by atoms with van der Waals surface area (Å²) >= 11 is 0. The highest BCUT2D eigenvalue weighted by Crippen LogP contribution is 2.42. The van der Waals surface area contributed by atoms with Gasteiger partial charge in [0.2, 0.25) is 0 Å². The van der Waals surface area contributed by atoms with Crippen LogP contribution < -0.4 is 0 Å². The van der Waals surface area contributed by atoms with E-state index in [1.54, 1.807) is 0 Å². The van der Waals surface area contributed by atoms with Crippen molar-refractivity contribution in [1.29, 1.82) is 5.26 Å². The first-order valence-corrected chi connectivity index (χ1v) is 19.8. The van der Waals surface area contributed by atoms with Crippen molar-refractivity contribution < 1.29 is 0 Å². The van der Waals surface area contributed by atoms with Gasteiger partial charge < -0.3 is 9.13 Å². The van der Waals surface area contributed by atoms with Crippen molar-refractivity contribution >= 4 is 43.6 Å². The van der Waals surface area contributed by atoms with E-state index in [1.165, 1.54) is 33.4 Å². The molecule has 5 nitrogen and oxygen atoms in total. The summed E-state index contributed by atoms with van der Waals surface area (Å²) in [6.45, 7) is 12.6. The summed E-state index contributed by atoms with van der Waals surface area (Å²) in [5.41, 5.74) is 18.6. The molecule has 7 aromatic carbocycles. The van der Waals surface area contributed by atoms with E-state index in [-0.39, 0.29) is 0 Å². The van der Waals surface area contributed by atoms with Crippen molar-refractivity contribution in [2.24, 2.45) is 0 Å². The van der Waals surface area contributed by atoms with Crippen LogP contribution in [0.1, 0.15) is 39.2 Å². The van der Waals surface area contributed by atoms with Crippen LogP contribution in [0.15, 0.2) is 140 Å². The SMILES string of the molecule is Cc1cc(C)cc(-c2ccc3c4ccccc4n(-c4cc(C#N)c(-c5nc(C)cc(C)n5)cc4-n4c5ccccc5c5ccc(-c6cc(C)cc(C)c6)cc54)c3c2)c1. The zero-order chi connectivity index (χ0) is 39.8. The predicted octanol–water partition coefficient (Wildman–Crippen LogP) is 13.4. The molecule has 3 heterocycles. The second-order valence-corrected chi connectivity index (χ2v) is 15.9. The molecule has 3 aromatic heterocycles. The number of hydrogen-bond acceptors (Lipinski definition) is 3. The Morgan fingerprint density at radius 1 is 0.414 bits per heavy atom. The smallest absolute Gasteiger partial charge is 0.161 e. The number of para-hydroxylation sites is 2. The van der Waals surface area contributed by atoms with E-state index in [4.69, 9.17) is 9.97 Å². The van der Waals surface area contributed by atoms with Crippen LogP contribution in [0.4, 0.5) is 0 Å². The number of aryl methyl sites for hydroxylation is 6. The number of fused-ring (bicyclic) bond motifs is 6. The summed E-state index contributed by atoms with van der Waals surface area (Å²) in [5.74, 6) is 0.540. The van der Waals surface area contributed by atoms with Crippen LogP contribution in [0.25, 0.3) is 88.6 Å². The minimum Gasteiger partial charge on any atom is -0.307 e. The van der Waals surface area contributed by atoms with Gasteiger partial charge in [0.15, 0.2) is 5.82 Å². The van der Waals surface area contributed by atoms with E-state index < -0.39 is 0 Å². The van der Waals surface area contributed by atoms with E-state index in [1.807, 2.05) is 19.9 Å². The van der Waals surface area contributed by atoms with Gasteiger partial charge in [-0.3, -0.25) is 0 Å². The van der Waals surface area contributed by atoms with Gasteiger partial charge in [-0.15, -0.1) is 0 Å². The van der Waals surface area contributed by atoms with E-state index in [2.05, 4.69) is 176 Å². The molecule has 0 unspecified atom stereocenters. The molecule has 0 aliphatic carbocycles. The van der Waals surface area contributed by atoms with Gasteiger partial charge in [-0.25, -0.2) is 9.97 Å². The van der Waals surface area contributed by atoms with Crippen LogP contribution in [0.2, 0.25) is 0 Å². The molecule has 0 fully saturated rings. The average Bonchev–Trinajstić information content (AvgIpc) is 3.71. The van der Waals surface area contributed by atoms with Gasteiger partial charge in [0.1, 0.15) is 0 Å². The summed E-state index contributed by atoms with van der Waals surface area (Å²) in [7, 11) is 0. The molecule has 10 rings (SSSR count). The number of aromatic nitrogens is 4. The first-order chi connectivity index (χ1) is 28.1. The summed E-state index contributed by atoms with van der Waals surface area (Å²) in [4.78, 5) is 9.81. The molecule has 0 aliphatic heterocycles. The zero-order valence-electron chi connectivity index (χ0n) is 33.5. The molecule has 278 valence electrons. The molecule has 58 heavy (non-hydrogen) atoms. The molecular formula is C53H41N5. The van der Waals surface area contributed by atoms with Crippen LogP contribution >= 0.6 is 0 Å². The Morgan fingerprint density at radius 2 is 0.845 bits per heavy atom. The fourth-order valence-corrected chi connectivity index (χ4v) is 9.16. The molecule has 0 saturated carbocycles. The lowest BCUT2D eigenvalue weighted by molar-refractivity contribution is 1.05. The summed E-state index contributed by atoms with van der Waals surface area (Å²) in [6.07, 6.45) is 0. The molecule has 0 radical (unpaired) electrons. The number of rotatable bonds is 5. The molecule has 0 spiro atoms. The normalized spacial score (nSPS) is 11.6. The maximum Gasteiger partial charge on any atom is 0.161 e. The monoisotopic (exact) mass is 747 g/mol. The maximum atomic E-state index is 11.0. The van der Waals surface area contributed by atoms with Crippen LogP contribution in [-0.4, -0.2) is 19.1 Å². The lowest BCUT2D eigenvalue weighted by Gasteiger charge is -2.19. The van der Waals surface area contributed by atoms with Gasteiger partial charge in [0, 0.05) is 38.5 Å². The minimum atomic E-state index is 0.511. The third kappa shape index (κ3) is 5.76. The first-order valence-electron chi connectivity index (χ1n) is 19.8. The first kappa shape index (κ1) is 35.1. The van der Waals surface area contributed by atoms with Crippen molar-refractivity contribution in [3.63, 3.8) is 0 Å². The zero-order valence-corrected chi connectivity index (χ0v) is 33.5. The van der Waals surface area contributed by atoms with Crippen molar-refractivity contribution in [3.8, 4) is 51.1 Å². The number of nitrogens with zero attached hydrogens (tertiary/aromatic N) is 5. The Morgan fingerprint density at radius 3 is 1.31 bits per heavy atom. The highest BCUT2D eigenvalue weighted by Gasteiger charge is 2.24. The molecule has 0 aliphatic rings. The Hall–Kier alpha value is -7.29. The molecule has 0 amide bonds. The van der Waals surface area contributed by atoms with Crippen molar-refractivity contribution in [2.45, 2.75) is 41.5 Å². The van der Waals surface area contributed by atoms with Crippen LogP contribution in [-0.2, 0) is 0 Å². The quantitative estimate of drug-likeness (QED) is 0.176. The molecule has 10 aromatic rings. The molecule has 0 saturated heterocycles. The standard InChI is InChI=1S/C53H41N5/c1-31-19-32(2)22-39(21-31)37-15-17-44-42-11-7-9-13-47(42)57(49(44)26-37)51-28-41(30-54)46(53-55-35(5)25-36(6)56-53)29-52(51)58-48-14-10-8-12-43(48)45-18-16-38(27-50(45)58)40-23-33(3)20-34(4)24-40/h7-29H,1-6H3. The summed E-state index contributed by atoms with van der Waals surface area (Å²) in [5, 5.41) is 15.6. The fourth-order valence-electron chi connectivity index (χ4n) is 9.16. The van der Waals surface area contributed by atoms with Gasteiger partial charge in [-0.1, -0.05) is 119 Å². The van der Waals surface area contributed by atoms with Crippen molar-refractivity contribution in [1.82, 2.24) is 19.1 Å². The van der Waals surface area contributed by atoms with E-state index >= 15 is 0 Å². The number of nitriles is 1. The van der Waals surface area contributed by atoms with Gasteiger partial charge in [-0.05, 0) is 106 Å². The van der Waals surface area contributed by atoms with Crippen molar-refractivity contribution in [2.75, 3.05) is 0 Å². The second kappa shape index (κ2) is 13.4. The average molecular weight is 748 g/mol. The Balaban J connectivity index is 1.36. The molecule has 0 N–H and O–H groups in total. The Bertz CT molecular complexity index is 3310. The van der Waals surface area contributed by atoms with Gasteiger partial charge in [0.05, 0.1) is 45.1 Å². The van der Waals surface area contributed by atoms with Gasteiger partial charge >= 0.3 is 0 Å². The third-order valence-electron chi connectivity index (χ3n) is 11.4. The van der Waals surface area contributed by atoms with Crippen molar-refractivity contribution in [3.05, 3.63) is 179 Å². The fraction of sp³-hybridized carbons (Fsp3) is 0.113. The maximum absolute atomic E-state index is 11.0. The van der Waals surface area contributed by atoms with Crippen LogP contribution in [0.3, 0.4) is 0 Å². The largest absolute Gasteiger partial charge is 0.307 e. The second-order valence-electron chi connectivity index (χ2n) is 15.9. The molecule has 5 heteroatoms. The predicted molar refractivity (Wildman–Crippen MR) is 240 cm³/mol. The minimum absolute atomic E-state index is 0.511. The Kier molecular flexibility index (Phi) is 8.14. The van der Waals surface area contributed by atoms with Crippen LogP contribution in [0, 0.1) is 52.9 Å². The topological polar surface area (TPSA) is 59.4 Å². The molecular weight excluding hydrogens is 707 g/mol. The number of hydrogen-bond donors (Lipinski definition) is 0. The van der Waals surface area contributed by atoms with Gasteiger partial charge in [-0.2, -0.15) is 5.26 Å². The highest BCUT2D eigenvalue weighted by atomic mass is 15.1. The molecule has 0 atom stereocenters. The van der Waals surface area contributed by atoms with E-state index in [0.29, 0.717) is 17.0 Å². The lowest BCUT2D eigenvalue weighted by atomic mass is 9.99. The lowest BCUT2D eigenvalue weighted by Crippen LogP contribution is -2.06. The highest BCUT2D eigenvalue weighted by molar-refractivity contribution is 6.13. The number of benzene rings is 7. The molecule has 0 bridgehead atoms.